The second-order valence-corrected chi connectivity index (χ2v) is 6.14. The summed E-state index contributed by atoms with van der Waals surface area (Å²) in [6.45, 7) is 5.23. The molecule has 1 atom stereocenters. The Balaban J connectivity index is 2.32. The normalized spacial score (nSPS) is 16.2. The summed E-state index contributed by atoms with van der Waals surface area (Å²) in [4.78, 5) is 9.45. The van der Waals surface area contributed by atoms with Crippen LogP contribution in [0.15, 0.2) is 4.47 Å². The van der Waals surface area contributed by atoms with Gasteiger partial charge in [0.25, 0.3) is 0 Å². The van der Waals surface area contributed by atoms with Gasteiger partial charge in [0.05, 0.1) is 10.2 Å². The Bertz CT molecular complexity index is 449. The topological polar surface area (TPSA) is 47.0 Å². The van der Waals surface area contributed by atoms with E-state index in [4.69, 9.17) is 9.72 Å². The number of methoxy groups -OCH3 is 1. The van der Waals surface area contributed by atoms with Gasteiger partial charge in [-0.05, 0) is 41.6 Å². The Morgan fingerprint density at radius 3 is 2.60 bits per heavy atom. The number of anilines is 1. The quantitative estimate of drug-likeness (QED) is 0.759. The lowest BCUT2D eigenvalue weighted by Gasteiger charge is -2.17. The lowest BCUT2D eigenvalue weighted by atomic mass is 10.2. The van der Waals surface area contributed by atoms with E-state index in [0.29, 0.717) is 5.92 Å². The van der Waals surface area contributed by atoms with Crippen LogP contribution in [0.3, 0.4) is 0 Å². The minimum Gasteiger partial charge on any atom is -0.373 e. The monoisotopic (exact) mass is 341 g/mol. The van der Waals surface area contributed by atoms with Crippen molar-refractivity contribution in [1.29, 1.82) is 0 Å². The number of halogens is 1. The molecule has 1 fully saturated rings. The van der Waals surface area contributed by atoms with Crippen LogP contribution in [-0.2, 0) is 4.74 Å². The molecule has 1 N–H and O–H groups in total. The minimum atomic E-state index is -0.00669. The van der Waals surface area contributed by atoms with Gasteiger partial charge in [0.2, 0.25) is 0 Å². The second-order valence-electron chi connectivity index (χ2n) is 5.34. The van der Waals surface area contributed by atoms with Crippen molar-refractivity contribution in [3.63, 3.8) is 0 Å². The fraction of sp³-hybridized carbons (Fsp3) is 0.733. The zero-order chi connectivity index (χ0) is 14.5. The molecular formula is C15H24BrN3O. The van der Waals surface area contributed by atoms with Crippen LogP contribution < -0.4 is 5.32 Å². The molecule has 5 heteroatoms. The Morgan fingerprint density at radius 2 is 2.05 bits per heavy atom. The highest BCUT2D eigenvalue weighted by Crippen LogP contribution is 2.44. The minimum absolute atomic E-state index is 0.00669. The van der Waals surface area contributed by atoms with Crippen molar-refractivity contribution < 1.29 is 4.74 Å². The zero-order valence-corrected chi connectivity index (χ0v) is 14.2. The highest BCUT2D eigenvalue weighted by atomic mass is 79.9. The van der Waals surface area contributed by atoms with Gasteiger partial charge in [-0.15, -0.1) is 0 Å². The fourth-order valence-corrected chi connectivity index (χ4v) is 2.87. The number of nitrogens with zero attached hydrogens (tertiary/aromatic N) is 2. The standard InChI is InChI=1S/C15H24BrN3O/c1-4-6-11(20-3)14-18-13(10-7-8-10)12(16)15(19-14)17-9-5-2/h10-11H,4-9H2,1-3H3,(H,17,18,19). The van der Waals surface area contributed by atoms with Gasteiger partial charge in [-0.1, -0.05) is 20.3 Å². The van der Waals surface area contributed by atoms with E-state index in [0.717, 1.165) is 47.6 Å². The summed E-state index contributed by atoms with van der Waals surface area (Å²) in [6, 6.07) is 0. The van der Waals surface area contributed by atoms with Gasteiger partial charge in [-0.2, -0.15) is 0 Å². The van der Waals surface area contributed by atoms with Crippen LogP contribution in [0.1, 0.15) is 69.5 Å². The van der Waals surface area contributed by atoms with Crippen LogP contribution in [0.5, 0.6) is 0 Å². The third kappa shape index (κ3) is 3.70. The summed E-state index contributed by atoms with van der Waals surface area (Å²) in [7, 11) is 1.74. The summed E-state index contributed by atoms with van der Waals surface area (Å²) in [6.07, 6.45) is 5.55. The Kier molecular flexibility index (Phi) is 5.78. The van der Waals surface area contributed by atoms with Crippen molar-refractivity contribution in [3.05, 3.63) is 16.0 Å². The number of hydrogen-bond acceptors (Lipinski definition) is 4. The number of aromatic nitrogens is 2. The molecule has 0 radical (unpaired) electrons. The van der Waals surface area contributed by atoms with E-state index in [-0.39, 0.29) is 6.10 Å². The summed E-state index contributed by atoms with van der Waals surface area (Å²) in [5.41, 5.74) is 1.15. The van der Waals surface area contributed by atoms with Crippen molar-refractivity contribution in [3.8, 4) is 0 Å². The maximum atomic E-state index is 5.56. The lowest BCUT2D eigenvalue weighted by molar-refractivity contribution is 0.0875. The van der Waals surface area contributed by atoms with Crippen molar-refractivity contribution in [2.24, 2.45) is 0 Å². The van der Waals surface area contributed by atoms with E-state index >= 15 is 0 Å². The maximum absolute atomic E-state index is 5.56. The zero-order valence-electron chi connectivity index (χ0n) is 12.6. The first-order chi connectivity index (χ1) is 9.71. The fourth-order valence-electron chi connectivity index (χ4n) is 2.23. The van der Waals surface area contributed by atoms with Crippen molar-refractivity contribution in [2.75, 3.05) is 19.0 Å². The number of ether oxygens (including phenoxy) is 1. The number of nitrogens with one attached hydrogen (secondary N) is 1. The van der Waals surface area contributed by atoms with Crippen LogP contribution in [-0.4, -0.2) is 23.6 Å². The van der Waals surface area contributed by atoms with Gasteiger partial charge in [0.15, 0.2) is 5.82 Å². The molecule has 0 bridgehead atoms. The molecule has 1 heterocycles. The highest BCUT2D eigenvalue weighted by Gasteiger charge is 2.30. The summed E-state index contributed by atoms with van der Waals surface area (Å²) >= 11 is 3.67. The Labute approximate surface area is 129 Å². The predicted octanol–water partition coefficient (Wildman–Crippen LogP) is 4.43. The van der Waals surface area contributed by atoms with Crippen molar-refractivity contribution >= 4 is 21.7 Å². The third-order valence-corrected chi connectivity index (χ3v) is 4.31. The SMILES string of the molecule is CCCNc1nc(C(CCC)OC)nc(C2CC2)c1Br. The van der Waals surface area contributed by atoms with E-state index in [1.807, 2.05) is 0 Å². The van der Waals surface area contributed by atoms with E-state index < -0.39 is 0 Å². The molecule has 0 aliphatic heterocycles. The van der Waals surface area contributed by atoms with E-state index in [1.165, 1.54) is 12.8 Å². The van der Waals surface area contributed by atoms with Crippen LogP contribution in [0.4, 0.5) is 5.82 Å². The van der Waals surface area contributed by atoms with Gasteiger partial charge in [0.1, 0.15) is 11.9 Å². The average Bonchev–Trinajstić information content (AvgIpc) is 3.28. The molecule has 1 aromatic rings. The first-order valence-electron chi connectivity index (χ1n) is 7.55. The van der Waals surface area contributed by atoms with Gasteiger partial charge in [-0.25, -0.2) is 9.97 Å². The first kappa shape index (κ1) is 15.7. The number of rotatable bonds is 8. The van der Waals surface area contributed by atoms with Gasteiger partial charge in [0, 0.05) is 19.6 Å². The van der Waals surface area contributed by atoms with Crippen LogP contribution >= 0.6 is 15.9 Å². The van der Waals surface area contributed by atoms with Crippen molar-refractivity contribution in [2.45, 2.75) is 58.0 Å². The largest absolute Gasteiger partial charge is 0.373 e. The highest BCUT2D eigenvalue weighted by molar-refractivity contribution is 9.10. The Morgan fingerprint density at radius 1 is 1.30 bits per heavy atom. The molecule has 0 saturated heterocycles. The van der Waals surface area contributed by atoms with E-state index in [9.17, 15) is 0 Å². The molecule has 112 valence electrons. The third-order valence-electron chi connectivity index (χ3n) is 3.52. The Hall–Kier alpha value is -0.680. The van der Waals surface area contributed by atoms with Gasteiger partial charge >= 0.3 is 0 Å². The molecule has 2 rings (SSSR count). The summed E-state index contributed by atoms with van der Waals surface area (Å²) in [5, 5.41) is 3.39. The molecule has 0 aromatic carbocycles. The molecular weight excluding hydrogens is 318 g/mol. The molecule has 1 saturated carbocycles. The van der Waals surface area contributed by atoms with Crippen molar-refractivity contribution in [1.82, 2.24) is 9.97 Å². The summed E-state index contributed by atoms with van der Waals surface area (Å²) < 4.78 is 6.59. The molecule has 0 spiro atoms. The molecule has 1 aliphatic carbocycles. The molecule has 0 amide bonds. The average molecular weight is 342 g/mol. The molecule has 1 aromatic heterocycles. The second kappa shape index (κ2) is 7.36. The molecule has 4 nitrogen and oxygen atoms in total. The summed E-state index contributed by atoms with van der Waals surface area (Å²) in [5.74, 6) is 2.32. The smallest absolute Gasteiger partial charge is 0.159 e. The molecule has 1 aliphatic rings. The van der Waals surface area contributed by atoms with Crippen LogP contribution in [0, 0.1) is 0 Å². The maximum Gasteiger partial charge on any atom is 0.159 e. The van der Waals surface area contributed by atoms with E-state index in [2.05, 4.69) is 40.1 Å². The molecule has 1 unspecified atom stereocenters. The first-order valence-corrected chi connectivity index (χ1v) is 8.34. The van der Waals surface area contributed by atoms with Gasteiger partial charge < -0.3 is 10.1 Å². The number of hydrogen-bond donors (Lipinski definition) is 1. The van der Waals surface area contributed by atoms with Crippen LogP contribution in [0.25, 0.3) is 0 Å². The lowest BCUT2D eigenvalue weighted by Crippen LogP contribution is -2.13. The van der Waals surface area contributed by atoms with Gasteiger partial charge in [-0.3, -0.25) is 0 Å². The predicted molar refractivity (Wildman–Crippen MR) is 85.1 cm³/mol. The molecule has 20 heavy (non-hydrogen) atoms. The van der Waals surface area contributed by atoms with Crippen LogP contribution in [0.2, 0.25) is 0 Å². The van der Waals surface area contributed by atoms with E-state index in [1.54, 1.807) is 7.11 Å².